The summed E-state index contributed by atoms with van der Waals surface area (Å²) in [6.45, 7) is 0. The highest BCUT2D eigenvalue weighted by atomic mass is 32.2. The Labute approximate surface area is 100 Å². The molecule has 0 aliphatic carbocycles. The van der Waals surface area contributed by atoms with Gasteiger partial charge in [-0.05, 0) is 29.9 Å². The average molecular weight is 236 g/mol. The van der Waals surface area contributed by atoms with Crippen LogP contribution in [0.25, 0.3) is 0 Å². The Hall–Kier alpha value is -0.800. The van der Waals surface area contributed by atoms with Crippen molar-refractivity contribution in [3.63, 3.8) is 0 Å². The van der Waals surface area contributed by atoms with E-state index in [1.54, 1.807) is 0 Å². The lowest BCUT2D eigenvalue weighted by Crippen LogP contribution is -2.35. The molecule has 2 rings (SSSR count). The molecule has 0 unspecified atom stereocenters. The topological polar surface area (TPSA) is 37.3 Å². The molecule has 1 aliphatic rings. The number of rotatable bonds is 3. The van der Waals surface area contributed by atoms with Crippen molar-refractivity contribution in [2.45, 2.75) is 24.9 Å². The molecule has 1 aliphatic heterocycles. The van der Waals surface area contributed by atoms with Crippen LogP contribution in [0.1, 0.15) is 28.8 Å². The van der Waals surface area contributed by atoms with Gasteiger partial charge in [0.25, 0.3) is 0 Å². The molecule has 0 saturated carbocycles. The highest BCUT2D eigenvalue weighted by Crippen LogP contribution is 2.29. The molecule has 86 valence electrons. The van der Waals surface area contributed by atoms with E-state index in [9.17, 15) is 9.90 Å². The summed E-state index contributed by atoms with van der Waals surface area (Å²) in [6, 6.07) is 7.49. The maximum Gasteiger partial charge on any atom is 0.150 e. The molecule has 1 heterocycles. The average Bonchev–Trinajstić information content (AvgIpc) is 2.30. The van der Waals surface area contributed by atoms with Crippen LogP contribution in [0.3, 0.4) is 0 Å². The number of hydrogen-bond acceptors (Lipinski definition) is 3. The van der Waals surface area contributed by atoms with Crippen molar-refractivity contribution in [3.05, 3.63) is 35.4 Å². The number of carbonyl (C=O) groups is 1. The number of benzene rings is 1. The zero-order chi connectivity index (χ0) is 11.4. The molecular weight excluding hydrogens is 220 g/mol. The predicted octanol–water partition coefficient (Wildman–Crippen LogP) is 2.30. The van der Waals surface area contributed by atoms with Crippen LogP contribution in [-0.2, 0) is 6.42 Å². The SMILES string of the molecule is O=Cc1ccc(CC2(O)CCSCC2)cc1. The maximum absolute atomic E-state index is 10.5. The predicted molar refractivity (Wildman–Crippen MR) is 67.0 cm³/mol. The summed E-state index contributed by atoms with van der Waals surface area (Å²) < 4.78 is 0. The normalized spacial score (nSPS) is 19.3. The molecule has 0 atom stereocenters. The molecule has 16 heavy (non-hydrogen) atoms. The van der Waals surface area contributed by atoms with E-state index in [1.807, 2.05) is 36.0 Å². The van der Waals surface area contributed by atoms with Crippen molar-refractivity contribution >= 4 is 18.0 Å². The van der Waals surface area contributed by atoms with Gasteiger partial charge in [-0.3, -0.25) is 4.79 Å². The lowest BCUT2D eigenvalue weighted by atomic mass is 9.89. The minimum absolute atomic E-state index is 0.534. The van der Waals surface area contributed by atoms with Gasteiger partial charge in [0, 0.05) is 12.0 Å². The van der Waals surface area contributed by atoms with E-state index in [1.165, 1.54) is 0 Å². The summed E-state index contributed by atoms with van der Waals surface area (Å²) in [7, 11) is 0. The van der Waals surface area contributed by atoms with Gasteiger partial charge in [0.1, 0.15) is 6.29 Å². The van der Waals surface area contributed by atoms with Gasteiger partial charge in [-0.2, -0.15) is 11.8 Å². The first kappa shape index (κ1) is 11.7. The van der Waals surface area contributed by atoms with E-state index in [0.717, 1.165) is 36.2 Å². The third kappa shape index (κ3) is 2.86. The first-order valence-electron chi connectivity index (χ1n) is 5.56. The Kier molecular flexibility index (Phi) is 3.66. The molecule has 0 spiro atoms. The summed E-state index contributed by atoms with van der Waals surface area (Å²) in [5.41, 5.74) is 1.27. The summed E-state index contributed by atoms with van der Waals surface area (Å²) in [5, 5.41) is 10.4. The van der Waals surface area contributed by atoms with Crippen LogP contribution in [0.15, 0.2) is 24.3 Å². The molecular formula is C13H16O2S. The molecule has 0 amide bonds. The maximum atomic E-state index is 10.5. The van der Waals surface area contributed by atoms with E-state index in [4.69, 9.17) is 0 Å². The second kappa shape index (κ2) is 5.02. The van der Waals surface area contributed by atoms with Crippen LogP contribution in [0, 0.1) is 0 Å². The first-order chi connectivity index (χ1) is 7.72. The van der Waals surface area contributed by atoms with Gasteiger partial charge in [0.05, 0.1) is 5.60 Å². The smallest absolute Gasteiger partial charge is 0.150 e. The fourth-order valence-electron chi connectivity index (χ4n) is 2.02. The Balaban J connectivity index is 2.04. The van der Waals surface area contributed by atoms with Crippen molar-refractivity contribution < 1.29 is 9.90 Å². The molecule has 0 bridgehead atoms. The van der Waals surface area contributed by atoms with Gasteiger partial charge >= 0.3 is 0 Å². The standard InChI is InChI=1S/C13H16O2S/c14-10-12-3-1-11(2-4-12)9-13(15)5-7-16-8-6-13/h1-4,10,15H,5-9H2. The van der Waals surface area contributed by atoms with Crippen molar-refractivity contribution in [2.24, 2.45) is 0 Å². The molecule has 1 aromatic rings. The van der Waals surface area contributed by atoms with E-state index >= 15 is 0 Å². The third-order valence-electron chi connectivity index (χ3n) is 3.07. The highest BCUT2D eigenvalue weighted by Gasteiger charge is 2.29. The van der Waals surface area contributed by atoms with Crippen molar-refractivity contribution in [2.75, 3.05) is 11.5 Å². The van der Waals surface area contributed by atoms with E-state index in [2.05, 4.69) is 0 Å². The van der Waals surface area contributed by atoms with Crippen molar-refractivity contribution in [3.8, 4) is 0 Å². The van der Waals surface area contributed by atoms with Gasteiger partial charge in [-0.1, -0.05) is 24.3 Å². The molecule has 3 heteroatoms. The second-order valence-corrected chi connectivity index (χ2v) is 5.60. The van der Waals surface area contributed by atoms with Crippen LogP contribution in [0.2, 0.25) is 0 Å². The van der Waals surface area contributed by atoms with E-state index in [-0.39, 0.29) is 0 Å². The zero-order valence-corrected chi connectivity index (χ0v) is 10.0. The number of carbonyl (C=O) groups excluding carboxylic acids is 1. The van der Waals surface area contributed by atoms with Crippen LogP contribution < -0.4 is 0 Å². The number of thioether (sulfide) groups is 1. The molecule has 1 aromatic carbocycles. The van der Waals surface area contributed by atoms with Crippen LogP contribution in [-0.4, -0.2) is 28.5 Å². The molecule has 2 nitrogen and oxygen atoms in total. The number of hydrogen-bond donors (Lipinski definition) is 1. The number of aliphatic hydroxyl groups is 1. The lowest BCUT2D eigenvalue weighted by molar-refractivity contribution is 0.0324. The highest BCUT2D eigenvalue weighted by molar-refractivity contribution is 7.99. The Morgan fingerprint density at radius 3 is 2.44 bits per heavy atom. The largest absolute Gasteiger partial charge is 0.389 e. The summed E-state index contributed by atoms with van der Waals surface area (Å²) >= 11 is 1.91. The Morgan fingerprint density at radius 1 is 1.25 bits per heavy atom. The molecule has 0 aromatic heterocycles. The van der Waals surface area contributed by atoms with Crippen molar-refractivity contribution in [1.82, 2.24) is 0 Å². The van der Waals surface area contributed by atoms with Crippen LogP contribution in [0.4, 0.5) is 0 Å². The third-order valence-corrected chi connectivity index (χ3v) is 4.06. The number of aldehydes is 1. The van der Waals surface area contributed by atoms with E-state index in [0.29, 0.717) is 12.0 Å². The summed E-state index contributed by atoms with van der Waals surface area (Å²) in [4.78, 5) is 10.5. The minimum atomic E-state index is -0.534. The van der Waals surface area contributed by atoms with Crippen LogP contribution >= 0.6 is 11.8 Å². The Bertz CT molecular complexity index is 353. The monoisotopic (exact) mass is 236 g/mol. The second-order valence-electron chi connectivity index (χ2n) is 4.37. The lowest BCUT2D eigenvalue weighted by Gasteiger charge is -2.31. The Morgan fingerprint density at radius 2 is 1.88 bits per heavy atom. The minimum Gasteiger partial charge on any atom is -0.389 e. The van der Waals surface area contributed by atoms with Crippen molar-refractivity contribution in [1.29, 1.82) is 0 Å². The quantitative estimate of drug-likeness (QED) is 0.818. The molecule has 1 fully saturated rings. The molecule has 0 radical (unpaired) electrons. The van der Waals surface area contributed by atoms with E-state index < -0.39 is 5.60 Å². The van der Waals surface area contributed by atoms with Gasteiger partial charge < -0.3 is 5.11 Å². The zero-order valence-electron chi connectivity index (χ0n) is 9.19. The first-order valence-corrected chi connectivity index (χ1v) is 6.72. The summed E-state index contributed by atoms with van der Waals surface area (Å²) in [6.07, 6.45) is 3.28. The fourth-order valence-corrected chi connectivity index (χ4v) is 3.27. The van der Waals surface area contributed by atoms with Gasteiger partial charge in [-0.15, -0.1) is 0 Å². The van der Waals surface area contributed by atoms with Gasteiger partial charge in [0.2, 0.25) is 0 Å². The molecule has 1 N–H and O–H groups in total. The molecule has 1 saturated heterocycles. The van der Waals surface area contributed by atoms with Gasteiger partial charge in [-0.25, -0.2) is 0 Å². The fraction of sp³-hybridized carbons (Fsp3) is 0.462. The van der Waals surface area contributed by atoms with Crippen LogP contribution in [0.5, 0.6) is 0 Å². The summed E-state index contributed by atoms with van der Waals surface area (Å²) in [5.74, 6) is 2.09. The van der Waals surface area contributed by atoms with Gasteiger partial charge in [0.15, 0.2) is 0 Å².